The molecule has 134 valence electrons. The molecule has 0 spiro atoms. The highest BCUT2D eigenvalue weighted by atomic mass is 35.5. The monoisotopic (exact) mass is 387 g/mol. The molecule has 0 radical (unpaired) electrons. The molecule has 0 aliphatic heterocycles. The lowest BCUT2D eigenvalue weighted by atomic mass is 10.0. The number of benzene rings is 2. The smallest absolute Gasteiger partial charge is 0.209 e. The van der Waals surface area contributed by atoms with Gasteiger partial charge in [0.1, 0.15) is 5.75 Å². The Hall–Kier alpha value is -2.31. The van der Waals surface area contributed by atoms with Gasteiger partial charge in [-0.25, -0.2) is 4.98 Å². The third-order valence-electron chi connectivity index (χ3n) is 3.91. The summed E-state index contributed by atoms with van der Waals surface area (Å²) in [5, 5.41) is 8.14. The second kappa shape index (κ2) is 7.93. The molecule has 0 fully saturated rings. The van der Waals surface area contributed by atoms with Crippen molar-refractivity contribution in [2.75, 3.05) is 12.9 Å². The number of aromatic nitrogens is 3. The maximum absolute atomic E-state index is 12.5. The van der Waals surface area contributed by atoms with E-state index in [0.29, 0.717) is 21.8 Å². The lowest BCUT2D eigenvalue weighted by Crippen LogP contribution is -2.05. The van der Waals surface area contributed by atoms with Gasteiger partial charge in [0.15, 0.2) is 11.6 Å². The molecule has 0 aliphatic carbocycles. The molecular formula is C19H18ClN3O2S. The summed E-state index contributed by atoms with van der Waals surface area (Å²) in [5.41, 5.74) is 3.50. The van der Waals surface area contributed by atoms with Crippen molar-refractivity contribution in [3.8, 4) is 17.1 Å². The Balaban J connectivity index is 1.74. The summed E-state index contributed by atoms with van der Waals surface area (Å²) < 4.78 is 5.34. The molecule has 0 unspecified atom stereocenters. The van der Waals surface area contributed by atoms with Crippen LogP contribution in [0.3, 0.4) is 0 Å². The largest absolute Gasteiger partial charge is 0.496 e. The van der Waals surface area contributed by atoms with E-state index in [1.807, 2.05) is 32.0 Å². The number of carbonyl (C=O) groups excluding carboxylic acids is 1. The second-order valence-corrected chi connectivity index (χ2v) is 7.22. The minimum Gasteiger partial charge on any atom is -0.496 e. The molecule has 3 aromatic rings. The van der Waals surface area contributed by atoms with Crippen LogP contribution in [0.2, 0.25) is 5.02 Å². The average Bonchev–Trinajstić information content (AvgIpc) is 3.10. The number of Topliss-reactive ketones (excluding diaryl/α,β-unsaturated/α-hetero) is 1. The number of H-pyrrole nitrogens is 1. The van der Waals surface area contributed by atoms with E-state index >= 15 is 0 Å². The Bertz CT molecular complexity index is 956. The summed E-state index contributed by atoms with van der Waals surface area (Å²) >= 11 is 7.36. The van der Waals surface area contributed by atoms with Crippen LogP contribution in [0.15, 0.2) is 41.6 Å². The third-order valence-corrected chi connectivity index (χ3v) is 4.99. The topological polar surface area (TPSA) is 67.9 Å². The van der Waals surface area contributed by atoms with Crippen LogP contribution in [0, 0.1) is 13.8 Å². The maximum atomic E-state index is 12.5. The van der Waals surface area contributed by atoms with Crippen LogP contribution in [0.5, 0.6) is 5.75 Å². The molecule has 0 amide bonds. The quantitative estimate of drug-likeness (QED) is 0.489. The highest BCUT2D eigenvalue weighted by molar-refractivity contribution is 7.99. The molecule has 1 N–H and O–H groups in total. The van der Waals surface area contributed by atoms with Gasteiger partial charge in [0.2, 0.25) is 5.16 Å². The second-order valence-electron chi connectivity index (χ2n) is 5.84. The van der Waals surface area contributed by atoms with Gasteiger partial charge in [0.25, 0.3) is 0 Å². The number of aryl methyl sites for hydroxylation is 2. The van der Waals surface area contributed by atoms with Gasteiger partial charge < -0.3 is 4.74 Å². The fraction of sp³-hybridized carbons (Fsp3) is 0.211. The molecule has 1 heterocycles. The number of nitrogens with zero attached hydrogens (tertiary/aromatic N) is 2. The molecule has 3 rings (SSSR count). The summed E-state index contributed by atoms with van der Waals surface area (Å²) in [5.74, 6) is 1.52. The summed E-state index contributed by atoms with van der Waals surface area (Å²) in [7, 11) is 1.58. The van der Waals surface area contributed by atoms with E-state index < -0.39 is 0 Å². The maximum Gasteiger partial charge on any atom is 0.209 e. The van der Waals surface area contributed by atoms with Crippen molar-refractivity contribution in [1.29, 1.82) is 0 Å². The molecule has 0 saturated heterocycles. The lowest BCUT2D eigenvalue weighted by molar-refractivity contribution is 0.102. The van der Waals surface area contributed by atoms with Crippen molar-refractivity contribution in [1.82, 2.24) is 15.2 Å². The number of nitrogens with one attached hydrogen (secondary N) is 1. The van der Waals surface area contributed by atoms with Gasteiger partial charge in [0, 0.05) is 10.6 Å². The van der Waals surface area contributed by atoms with Crippen molar-refractivity contribution >= 4 is 29.1 Å². The predicted molar refractivity (Wildman–Crippen MR) is 104 cm³/mol. The molecule has 5 nitrogen and oxygen atoms in total. The number of hydrogen-bond donors (Lipinski definition) is 1. The van der Waals surface area contributed by atoms with Gasteiger partial charge in [-0.1, -0.05) is 41.1 Å². The van der Waals surface area contributed by atoms with Gasteiger partial charge in [-0.15, -0.1) is 5.10 Å². The molecule has 1 aromatic heterocycles. The van der Waals surface area contributed by atoms with Gasteiger partial charge in [0.05, 0.1) is 18.4 Å². The molecule has 7 heteroatoms. The molecule has 0 atom stereocenters. The number of aromatic amines is 1. The highest BCUT2D eigenvalue weighted by Gasteiger charge is 2.15. The normalized spacial score (nSPS) is 10.8. The Morgan fingerprint density at radius 3 is 2.81 bits per heavy atom. The number of rotatable bonds is 6. The minimum absolute atomic E-state index is 0.0582. The summed E-state index contributed by atoms with van der Waals surface area (Å²) in [4.78, 5) is 16.9. The Labute approximate surface area is 161 Å². The Morgan fingerprint density at radius 2 is 2.04 bits per heavy atom. The van der Waals surface area contributed by atoms with Crippen molar-refractivity contribution in [2.45, 2.75) is 19.0 Å². The Morgan fingerprint density at radius 1 is 1.23 bits per heavy atom. The van der Waals surface area contributed by atoms with Crippen LogP contribution in [0.25, 0.3) is 11.4 Å². The number of halogens is 1. The van der Waals surface area contributed by atoms with Gasteiger partial charge in [-0.05, 0) is 43.7 Å². The fourth-order valence-corrected chi connectivity index (χ4v) is 3.39. The SMILES string of the molecule is COc1ccc(Cl)cc1-c1nc(SCC(=O)c2cc(C)ccc2C)n[nH]1. The van der Waals surface area contributed by atoms with E-state index in [-0.39, 0.29) is 11.5 Å². The van der Waals surface area contributed by atoms with E-state index in [4.69, 9.17) is 16.3 Å². The van der Waals surface area contributed by atoms with E-state index in [9.17, 15) is 4.79 Å². The number of ether oxygens (including phenoxy) is 1. The standard InChI is InChI=1S/C19H18ClN3O2S/c1-11-4-5-12(2)14(8-11)16(24)10-26-19-21-18(22-23-19)15-9-13(20)6-7-17(15)25-3/h4-9H,10H2,1-3H3,(H,21,22,23). The Kier molecular flexibility index (Phi) is 5.64. The number of methoxy groups -OCH3 is 1. The van der Waals surface area contributed by atoms with Crippen molar-refractivity contribution in [3.63, 3.8) is 0 Å². The molecule has 0 bridgehead atoms. The molecular weight excluding hydrogens is 370 g/mol. The zero-order valence-corrected chi connectivity index (χ0v) is 16.2. The van der Waals surface area contributed by atoms with E-state index in [1.165, 1.54) is 11.8 Å². The zero-order chi connectivity index (χ0) is 18.7. The van der Waals surface area contributed by atoms with Gasteiger partial charge in [-0.2, -0.15) is 0 Å². The van der Waals surface area contributed by atoms with Crippen LogP contribution < -0.4 is 4.74 Å². The van der Waals surface area contributed by atoms with E-state index in [2.05, 4.69) is 15.2 Å². The number of thioether (sulfide) groups is 1. The van der Waals surface area contributed by atoms with E-state index in [0.717, 1.165) is 22.3 Å². The number of ketones is 1. The number of hydrogen-bond acceptors (Lipinski definition) is 5. The third kappa shape index (κ3) is 4.08. The van der Waals surface area contributed by atoms with Crippen molar-refractivity contribution < 1.29 is 9.53 Å². The first kappa shape index (κ1) is 18.5. The summed E-state index contributed by atoms with van der Waals surface area (Å²) in [6.07, 6.45) is 0. The van der Waals surface area contributed by atoms with Crippen LogP contribution in [-0.2, 0) is 0 Å². The molecule has 2 aromatic carbocycles. The summed E-state index contributed by atoms with van der Waals surface area (Å²) in [6.45, 7) is 3.91. The first-order chi connectivity index (χ1) is 12.5. The lowest BCUT2D eigenvalue weighted by Gasteiger charge is -2.06. The average molecular weight is 388 g/mol. The zero-order valence-electron chi connectivity index (χ0n) is 14.7. The number of carbonyl (C=O) groups is 1. The molecule has 0 saturated carbocycles. The highest BCUT2D eigenvalue weighted by Crippen LogP contribution is 2.31. The van der Waals surface area contributed by atoms with Crippen molar-refractivity contribution in [2.24, 2.45) is 0 Å². The fourth-order valence-electron chi connectivity index (χ4n) is 2.54. The molecule has 0 aliphatic rings. The summed E-state index contributed by atoms with van der Waals surface area (Å²) in [6, 6.07) is 11.2. The van der Waals surface area contributed by atoms with E-state index in [1.54, 1.807) is 25.3 Å². The minimum atomic E-state index is 0.0582. The predicted octanol–water partition coefficient (Wildman–Crippen LogP) is 4.73. The van der Waals surface area contributed by atoms with Crippen LogP contribution in [0.1, 0.15) is 21.5 Å². The van der Waals surface area contributed by atoms with Crippen LogP contribution >= 0.6 is 23.4 Å². The first-order valence-corrected chi connectivity index (χ1v) is 9.34. The van der Waals surface area contributed by atoms with Gasteiger partial charge >= 0.3 is 0 Å². The van der Waals surface area contributed by atoms with Gasteiger partial charge in [-0.3, -0.25) is 9.89 Å². The van der Waals surface area contributed by atoms with Crippen LogP contribution in [-0.4, -0.2) is 33.8 Å². The van der Waals surface area contributed by atoms with Crippen molar-refractivity contribution in [3.05, 3.63) is 58.1 Å². The van der Waals surface area contributed by atoms with Crippen LogP contribution in [0.4, 0.5) is 0 Å². The first-order valence-electron chi connectivity index (χ1n) is 7.97. The molecule has 26 heavy (non-hydrogen) atoms.